The average Bonchev–Trinajstić information content (AvgIpc) is 2.52. The summed E-state index contributed by atoms with van der Waals surface area (Å²) in [4.78, 5) is 21.8. The van der Waals surface area contributed by atoms with Gasteiger partial charge in [0.1, 0.15) is 0 Å². The molecule has 1 aromatic carbocycles. The highest BCUT2D eigenvalue weighted by molar-refractivity contribution is 5.90. The minimum Gasteiger partial charge on any atom is -0.353 e. The average molecular weight is 310 g/mol. The molecule has 0 saturated carbocycles. The first kappa shape index (κ1) is 18.6. The molecule has 22 heavy (non-hydrogen) atoms. The van der Waals surface area contributed by atoms with Crippen LogP contribution in [-0.4, -0.2) is 25.2 Å². The van der Waals surface area contributed by atoms with E-state index in [0.717, 1.165) is 24.8 Å². The maximum Gasteiger partial charge on any atom is 0.373 e. The number of unbranched alkanes of at least 4 members (excludes halogenated alkanes) is 1. The number of rotatable bonds is 10. The minimum atomic E-state index is -0.700. The second kappa shape index (κ2) is 10.3. The quantitative estimate of drug-likeness (QED) is 0.284. The predicted octanol–water partition coefficient (Wildman–Crippen LogP) is 3.86. The molecule has 5 nitrogen and oxygen atoms in total. The van der Waals surface area contributed by atoms with E-state index in [1.54, 1.807) is 26.0 Å². The summed E-state index contributed by atoms with van der Waals surface area (Å²) in [6.07, 6.45) is 1.68. The van der Waals surface area contributed by atoms with Gasteiger partial charge in [0.2, 0.25) is 6.29 Å². The molecule has 0 spiro atoms. The van der Waals surface area contributed by atoms with Crippen LogP contribution in [0.4, 0.5) is 0 Å². The monoisotopic (exact) mass is 310 g/mol. The van der Waals surface area contributed by atoms with Crippen molar-refractivity contribution in [2.24, 2.45) is 0 Å². The van der Waals surface area contributed by atoms with E-state index in [4.69, 9.17) is 19.2 Å². The number of aryl methyl sites for hydroxylation is 1. The highest BCUT2D eigenvalue weighted by Crippen LogP contribution is 2.12. The number of benzene rings is 1. The molecule has 0 aliphatic carbocycles. The van der Waals surface area contributed by atoms with Crippen molar-refractivity contribution in [3.05, 3.63) is 35.4 Å². The van der Waals surface area contributed by atoms with Crippen LogP contribution in [0.15, 0.2) is 24.3 Å². The Morgan fingerprint density at radius 2 is 1.86 bits per heavy atom. The van der Waals surface area contributed by atoms with E-state index in [1.807, 2.05) is 19.1 Å². The zero-order chi connectivity index (χ0) is 16.4. The van der Waals surface area contributed by atoms with Crippen molar-refractivity contribution < 1.29 is 24.0 Å². The second-order valence-electron chi connectivity index (χ2n) is 4.97. The predicted molar refractivity (Wildman–Crippen MR) is 83.2 cm³/mol. The van der Waals surface area contributed by atoms with Gasteiger partial charge in [-0.1, -0.05) is 38.5 Å². The minimum absolute atomic E-state index is 0.414. The first-order valence-corrected chi connectivity index (χ1v) is 7.81. The van der Waals surface area contributed by atoms with E-state index in [0.29, 0.717) is 12.2 Å². The van der Waals surface area contributed by atoms with Crippen LogP contribution >= 0.6 is 0 Å². The van der Waals surface area contributed by atoms with Gasteiger partial charge in [0.15, 0.2) is 6.29 Å². The first-order valence-electron chi connectivity index (χ1n) is 7.81. The SMILES string of the molecule is CCCCOC(C)OC(C)OOC(=O)c1ccccc1CC. The lowest BCUT2D eigenvalue weighted by molar-refractivity contribution is -0.359. The van der Waals surface area contributed by atoms with Crippen LogP contribution in [0, 0.1) is 0 Å². The van der Waals surface area contributed by atoms with Gasteiger partial charge in [-0.25, -0.2) is 4.79 Å². The normalized spacial score (nSPS) is 13.6. The van der Waals surface area contributed by atoms with Gasteiger partial charge in [0.25, 0.3) is 0 Å². The molecule has 0 fully saturated rings. The van der Waals surface area contributed by atoms with E-state index in [1.165, 1.54) is 0 Å². The fourth-order valence-electron chi connectivity index (χ4n) is 1.91. The van der Waals surface area contributed by atoms with Crippen LogP contribution in [0.1, 0.15) is 56.5 Å². The Hall–Kier alpha value is -1.43. The third kappa shape index (κ3) is 6.56. The largest absolute Gasteiger partial charge is 0.373 e. The molecule has 0 aliphatic rings. The summed E-state index contributed by atoms with van der Waals surface area (Å²) < 4.78 is 10.9. The van der Waals surface area contributed by atoms with Crippen LogP contribution in [-0.2, 0) is 25.7 Å². The lowest BCUT2D eigenvalue weighted by Gasteiger charge is -2.18. The van der Waals surface area contributed by atoms with Crippen LogP contribution in [0.2, 0.25) is 0 Å². The Labute approximate surface area is 132 Å². The van der Waals surface area contributed by atoms with Gasteiger partial charge in [-0.2, -0.15) is 4.89 Å². The zero-order valence-electron chi connectivity index (χ0n) is 13.8. The van der Waals surface area contributed by atoms with Gasteiger partial charge in [-0.3, -0.25) is 4.89 Å². The fraction of sp³-hybridized carbons (Fsp3) is 0.588. The molecule has 5 heteroatoms. The van der Waals surface area contributed by atoms with Crippen molar-refractivity contribution in [2.75, 3.05) is 6.61 Å². The smallest absolute Gasteiger partial charge is 0.353 e. The molecule has 0 bridgehead atoms. The summed E-state index contributed by atoms with van der Waals surface area (Å²) in [5, 5.41) is 0. The van der Waals surface area contributed by atoms with Crippen molar-refractivity contribution in [1.82, 2.24) is 0 Å². The number of carbonyl (C=O) groups excluding carboxylic acids is 1. The summed E-state index contributed by atoms with van der Waals surface area (Å²) in [7, 11) is 0. The molecular weight excluding hydrogens is 284 g/mol. The van der Waals surface area contributed by atoms with Gasteiger partial charge in [-0.05, 0) is 38.3 Å². The van der Waals surface area contributed by atoms with E-state index < -0.39 is 18.5 Å². The third-order valence-electron chi connectivity index (χ3n) is 3.11. The summed E-state index contributed by atoms with van der Waals surface area (Å²) in [5.74, 6) is -0.521. The van der Waals surface area contributed by atoms with Crippen LogP contribution in [0.3, 0.4) is 0 Å². The molecule has 0 saturated heterocycles. The lowest BCUT2D eigenvalue weighted by atomic mass is 10.1. The summed E-state index contributed by atoms with van der Waals surface area (Å²) >= 11 is 0. The molecule has 0 aliphatic heterocycles. The van der Waals surface area contributed by atoms with Crippen LogP contribution in [0.25, 0.3) is 0 Å². The van der Waals surface area contributed by atoms with E-state index >= 15 is 0 Å². The third-order valence-corrected chi connectivity index (χ3v) is 3.11. The number of hydrogen-bond acceptors (Lipinski definition) is 5. The molecule has 1 rings (SSSR count). The number of ether oxygens (including phenoxy) is 2. The molecule has 0 radical (unpaired) electrons. The Morgan fingerprint density at radius 1 is 1.14 bits per heavy atom. The molecule has 0 aromatic heterocycles. The van der Waals surface area contributed by atoms with Gasteiger partial charge < -0.3 is 9.47 Å². The molecule has 0 heterocycles. The van der Waals surface area contributed by atoms with Gasteiger partial charge in [-0.15, -0.1) is 0 Å². The van der Waals surface area contributed by atoms with Gasteiger partial charge in [0, 0.05) is 6.61 Å². The highest BCUT2D eigenvalue weighted by Gasteiger charge is 2.16. The van der Waals surface area contributed by atoms with Gasteiger partial charge >= 0.3 is 5.97 Å². The summed E-state index contributed by atoms with van der Waals surface area (Å²) in [5.41, 5.74) is 1.42. The molecular formula is C17H26O5. The molecule has 2 unspecified atom stereocenters. The molecule has 124 valence electrons. The van der Waals surface area contributed by atoms with E-state index in [-0.39, 0.29) is 0 Å². The van der Waals surface area contributed by atoms with Crippen molar-refractivity contribution >= 4 is 5.97 Å². The molecule has 0 amide bonds. The Morgan fingerprint density at radius 3 is 2.55 bits per heavy atom. The fourth-order valence-corrected chi connectivity index (χ4v) is 1.91. The van der Waals surface area contributed by atoms with E-state index in [9.17, 15) is 4.79 Å². The van der Waals surface area contributed by atoms with Crippen LogP contribution < -0.4 is 0 Å². The van der Waals surface area contributed by atoms with Gasteiger partial charge in [0.05, 0.1) is 5.56 Å². The molecule has 2 atom stereocenters. The first-order chi connectivity index (χ1) is 10.6. The maximum atomic E-state index is 12.0. The van der Waals surface area contributed by atoms with E-state index in [2.05, 4.69) is 6.92 Å². The summed E-state index contributed by atoms with van der Waals surface area (Å²) in [6.45, 7) is 8.14. The van der Waals surface area contributed by atoms with Crippen molar-refractivity contribution in [2.45, 2.75) is 59.5 Å². The lowest BCUT2D eigenvalue weighted by Crippen LogP contribution is -2.24. The standard InChI is InChI=1S/C17H26O5/c1-5-7-12-19-13(3)20-14(4)21-22-17(18)16-11-9-8-10-15(16)6-2/h8-11,13-14H,5-7,12H2,1-4H3. The second-order valence-corrected chi connectivity index (χ2v) is 4.97. The van der Waals surface area contributed by atoms with Crippen molar-refractivity contribution in [1.29, 1.82) is 0 Å². The number of hydrogen-bond donors (Lipinski definition) is 0. The Kier molecular flexibility index (Phi) is 8.74. The number of carbonyl (C=O) groups is 1. The maximum absolute atomic E-state index is 12.0. The molecule has 1 aromatic rings. The summed E-state index contributed by atoms with van der Waals surface area (Å²) in [6, 6.07) is 7.28. The van der Waals surface area contributed by atoms with Crippen molar-refractivity contribution in [3.63, 3.8) is 0 Å². The zero-order valence-corrected chi connectivity index (χ0v) is 13.8. The highest BCUT2D eigenvalue weighted by atomic mass is 17.2. The Bertz CT molecular complexity index is 446. The Balaban J connectivity index is 2.37. The van der Waals surface area contributed by atoms with Crippen LogP contribution in [0.5, 0.6) is 0 Å². The topological polar surface area (TPSA) is 54.0 Å². The molecule has 0 N–H and O–H groups in total. The van der Waals surface area contributed by atoms with Crippen molar-refractivity contribution in [3.8, 4) is 0 Å².